The van der Waals surface area contributed by atoms with Crippen LogP contribution in [0.2, 0.25) is 0 Å². The van der Waals surface area contributed by atoms with Gasteiger partial charge in [-0.1, -0.05) is 26.0 Å². The average Bonchev–Trinajstić information content (AvgIpc) is 2.45. The maximum atomic E-state index is 6.03. The molecule has 0 heterocycles. The quantitative estimate of drug-likeness (QED) is 0.833. The lowest BCUT2D eigenvalue weighted by Gasteiger charge is -2.16. The van der Waals surface area contributed by atoms with Gasteiger partial charge in [0.1, 0.15) is 18.1 Å². The number of anilines is 1. The molecule has 21 heavy (non-hydrogen) atoms. The predicted molar refractivity (Wildman–Crippen MR) is 87.0 cm³/mol. The van der Waals surface area contributed by atoms with Gasteiger partial charge in [0.25, 0.3) is 0 Å². The summed E-state index contributed by atoms with van der Waals surface area (Å²) in [4.78, 5) is 0. The Kier molecular flexibility index (Phi) is 4.73. The van der Waals surface area contributed by atoms with Crippen LogP contribution in [-0.2, 0) is 6.61 Å². The summed E-state index contributed by atoms with van der Waals surface area (Å²) in [5, 5.41) is 0. The molecule has 0 spiro atoms. The normalized spacial score (nSPS) is 10.7. The number of benzene rings is 2. The fraction of sp³-hybridized carbons (Fsp3) is 0.333. The van der Waals surface area contributed by atoms with Crippen LogP contribution >= 0.6 is 0 Å². The van der Waals surface area contributed by atoms with E-state index in [1.807, 2.05) is 18.2 Å². The standard InChI is InChI=1S/C18H23NO2/c1-12(2)16-8-5-13(3)9-18(16)21-11-14-6-7-15(19)10-17(14)20-4/h5-10,12H,11,19H2,1-4H3. The second-order valence-electron chi connectivity index (χ2n) is 5.56. The SMILES string of the molecule is COc1cc(N)ccc1COc1cc(C)ccc1C(C)C. The van der Waals surface area contributed by atoms with E-state index in [9.17, 15) is 0 Å². The van der Waals surface area contributed by atoms with E-state index in [0.717, 1.165) is 17.1 Å². The van der Waals surface area contributed by atoms with E-state index in [4.69, 9.17) is 15.2 Å². The molecule has 0 aliphatic rings. The fourth-order valence-corrected chi connectivity index (χ4v) is 2.28. The van der Waals surface area contributed by atoms with Crippen molar-refractivity contribution in [2.75, 3.05) is 12.8 Å². The minimum atomic E-state index is 0.425. The lowest BCUT2D eigenvalue weighted by molar-refractivity contribution is 0.292. The second-order valence-corrected chi connectivity index (χ2v) is 5.56. The van der Waals surface area contributed by atoms with Gasteiger partial charge in [-0.3, -0.25) is 0 Å². The minimum absolute atomic E-state index is 0.425. The lowest BCUT2D eigenvalue weighted by Crippen LogP contribution is -2.02. The molecule has 3 nitrogen and oxygen atoms in total. The first-order chi connectivity index (χ1) is 10.0. The number of aryl methyl sites for hydroxylation is 1. The Hall–Kier alpha value is -2.16. The van der Waals surface area contributed by atoms with Crippen LogP contribution < -0.4 is 15.2 Å². The number of methoxy groups -OCH3 is 1. The highest BCUT2D eigenvalue weighted by atomic mass is 16.5. The number of nitrogens with two attached hydrogens (primary N) is 1. The largest absolute Gasteiger partial charge is 0.496 e. The molecule has 0 radical (unpaired) electrons. The van der Waals surface area contributed by atoms with Crippen LogP contribution in [0.1, 0.15) is 36.5 Å². The predicted octanol–water partition coefficient (Wildman–Crippen LogP) is 4.29. The molecule has 2 rings (SSSR count). The third-order valence-electron chi connectivity index (χ3n) is 3.49. The van der Waals surface area contributed by atoms with E-state index in [1.54, 1.807) is 7.11 Å². The second kappa shape index (κ2) is 6.53. The molecule has 3 heteroatoms. The number of hydrogen-bond acceptors (Lipinski definition) is 3. The zero-order chi connectivity index (χ0) is 15.4. The molecule has 0 aromatic heterocycles. The molecule has 0 unspecified atom stereocenters. The summed E-state index contributed by atoms with van der Waals surface area (Å²) in [6.07, 6.45) is 0. The van der Waals surface area contributed by atoms with Gasteiger partial charge in [0.15, 0.2) is 0 Å². The highest BCUT2D eigenvalue weighted by Gasteiger charge is 2.10. The van der Waals surface area contributed by atoms with Crippen LogP contribution in [0.4, 0.5) is 5.69 Å². The first kappa shape index (κ1) is 15.2. The highest BCUT2D eigenvalue weighted by molar-refractivity contribution is 5.48. The monoisotopic (exact) mass is 285 g/mol. The molecular formula is C18H23NO2. The van der Waals surface area contributed by atoms with Crippen LogP contribution in [0.3, 0.4) is 0 Å². The van der Waals surface area contributed by atoms with Crippen molar-refractivity contribution in [3.05, 3.63) is 53.1 Å². The zero-order valence-electron chi connectivity index (χ0n) is 13.1. The molecule has 2 aromatic carbocycles. The molecule has 2 aromatic rings. The maximum Gasteiger partial charge on any atom is 0.127 e. The summed E-state index contributed by atoms with van der Waals surface area (Å²) in [6.45, 7) is 6.87. The Balaban J connectivity index is 2.22. The van der Waals surface area contributed by atoms with Crippen LogP contribution in [0.5, 0.6) is 11.5 Å². The van der Waals surface area contributed by atoms with Crippen LogP contribution in [0.25, 0.3) is 0 Å². The molecule has 0 saturated heterocycles. The van der Waals surface area contributed by atoms with E-state index in [-0.39, 0.29) is 0 Å². The molecule has 0 atom stereocenters. The number of hydrogen-bond donors (Lipinski definition) is 1. The van der Waals surface area contributed by atoms with Crippen molar-refractivity contribution < 1.29 is 9.47 Å². The van der Waals surface area contributed by atoms with Crippen molar-refractivity contribution >= 4 is 5.69 Å². The molecule has 0 aliphatic heterocycles. The summed E-state index contributed by atoms with van der Waals surface area (Å²) >= 11 is 0. The van der Waals surface area contributed by atoms with E-state index in [0.29, 0.717) is 18.2 Å². The third-order valence-corrected chi connectivity index (χ3v) is 3.49. The van der Waals surface area contributed by atoms with Gasteiger partial charge < -0.3 is 15.2 Å². The van der Waals surface area contributed by atoms with Gasteiger partial charge in [0.2, 0.25) is 0 Å². The number of rotatable bonds is 5. The smallest absolute Gasteiger partial charge is 0.127 e. The Morgan fingerprint density at radius 3 is 2.48 bits per heavy atom. The lowest BCUT2D eigenvalue weighted by atomic mass is 10.0. The van der Waals surface area contributed by atoms with Crippen molar-refractivity contribution in [2.45, 2.75) is 33.3 Å². The topological polar surface area (TPSA) is 44.5 Å². The summed E-state index contributed by atoms with van der Waals surface area (Å²) in [5.74, 6) is 2.12. The Morgan fingerprint density at radius 1 is 1.05 bits per heavy atom. The molecule has 2 N–H and O–H groups in total. The molecule has 0 saturated carbocycles. The maximum absolute atomic E-state index is 6.03. The average molecular weight is 285 g/mol. The van der Waals surface area contributed by atoms with E-state index in [1.165, 1.54) is 11.1 Å². The summed E-state index contributed by atoms with van der Waals surface area (Å²) < 4.78 is 11.4. The molecular weight excluding hydrogens is 262 g/mol. The van der Waals surface area contributed by atoms with Crippen LogP contribution in [0, 0.1) is 6.92 Å². The van der Waals surface area contributed by atoms with Gasteiger partial charge in [-0.25, -0.2) is 0 Å². The van der Waals surface area contributed by atoms with E-state index in [2.05, 4.69) is 39.0 Å². The summed E-state index contributed by atoms with van der Waals surface area (Å²) in [6, 6.07) is 12.0. The molecule has 0 fully saturated rings. The van der Waals surface area contributed by atoms with Gasteiger partial charge in [-0.05, 0) is 42.2 Å². The first-order valence-electron chi connectivity index (χ1n) is 7.17. The Morgan fingerprint density at radius 2 is 1.81 bits per heavy atom. The minimum Gasteiger partial charge on any atom is -0.496 e. The highest BCUT2D eigenvalue weighted by Crippen LogP contribution is 2.29. The fourth-order valence-electron chi connectivity index (χ4n) is 2.28. The third kappa shape index (κ3) is 3.69. The van der Waals surface area contributed by atoms with Crippen molar-refractivity contribution in [1.82, 2.24) is 0 Å². The van der Waals surface area contributed by atoms with Gasteiger partial charge >= 0.3 is 0 Å². The van der Waals surface area contributed by atoms with E-state index < -0.39 is 0 Å². The number of ether oxygens (including phenoxy) is 2. The Labute approximate surface area is 126 Å². The van der Waals surface area contributed by atoms with Crippen molar-refractivity contribution in [3.8, 4) is 11.5 Å². The molecule has 112 valence electrons. The summed E-state index contributed by atoms with van der Waals surface area (Å²) in [5.41, 5.74) is 9.86. The zero-order valence-corrected chi connectivity index (χ0v) is 13.1. The summed E-state index contributed by atoms with van der Waals surface area (Å²) in [7, 11) is 1.64. The van der Waals surface area contributed by atoms with Crippen molar-refractivity contribution in [2.24, 2.45) is 0 Å². The molecule has 0 amide bonds. The number of nitrogen functional groups attached to an aromatic ring is 1. The van der Waals surface area contributed by atoms with Crippen LogP contribution in [-0.4, -0.2) is 7.11 Å². The molecule has 0 aliphatic carbocycles. The Bertz CT molecular complexity index is 621. The van der Waals surface area contributed by atoms with Gasteiger partial charge in [-0.2, -0.15) is 0 Å². The van der Waals surface area contributed by atoms with Gasteiger partial charge in [-0.15, -0.1) is 0 Å². The van der Waals surface area contributed by atoms with Gasteiger partial charge in [0, 0.05) is 17.3 Å². The van der Waals surface area contributed by atoms with E-state index >= 15 is 0 Å². The van der Waals surface area contributed by atoms with Crippen molar-refractivity contribution in [1.29, 1.82) is 0 Å². The first-order valence-corrected chi connectivity index (χ1v) is 7.17. The van der Waals surface area contributed by atoms with Gasteiger partial charge in [0.05, 0.1) is 7.11 Å². The van der Waals surface area contributed by atoms with Crippen molar-refractivity contribution in [3.63, 3.8) is 0 Å². The molecule has 0 bridgehead atoms. The van der Waals surface area contributed by atoms with Crippen LogP contribution in [0.15, 0.2) is 36.4 Å².